The van der Waals surface area contributed by atoms with E-state index in [-0.39, 0.29) is 30.7 Å². The number of carboxylic acid groups (broad SMARTS) is 2. The number of aliphatic imine (C=N–C) groups is 1. The normalized spacial score (nSPS) is 21.8. The Morgan fingerprint density at radius 1 is 0.818 bits per heavy atom. The van der Waals surface area contributed by atoms with Gasteiger partial charge in [0, 0.05) is 43.8 Å². The Hall–Kier alpha value is -5.79. The predicted molar refractivity (Wildman–Crippen MR) is 236 cm³/mol. The maximum Gasteiger partial charge on any atom is 0.414 e. The number of aliphatic carboxylic acids is 2. The van der Waals surface area contributed by atoms with Crippen molar-refractivity contribution in [3.05, 3.63) is 48.7 Å². The molecule has 0 bridgehead atoms. The lowest BCUT2D eigenvalue weighted by atomic mass is 9.87. The van der Waals surface area contributed by atoms with Gasteiger partial charge in [-0.3, -0.25) is 16.0 Å². The van der Waals surface area contributed by atoms with Crippen molar-refractivity contribution in [3.63, 3.8) is 0 Å². The lowest BCUT2D eigenvalue weighted by Crippen LogP contribution is -2.51. The van der Waals surface area contributed by atoms with Gasteiger partial charge in [-0.2, -0.15) is 5.10 Å². The van der Waals surface area contributed by atoms with E-state index >= 15 is 0 Å². The number of nitrogens with zero attached hydrogens (tertiary/aromatic N) is 3. The smallest absolute Gasteiger partial charge is 0.414 e. The quantitative estimate of drug-likeness (QED) is 0.0814. The second-order valence-electron chi connectivity index (χ2n) is 18.0. The molecule has 0 spiro atoms. The van der Waals surface area contributed by atoms with Crippen molar-refractivity contribution in [1.82, 2.24) is 25.7 Å². The van der Waals surface area contributed by atoms with Crippen molar-refractivity contribution in [2.45, 2.75) is 142 Å². The average molecular weight is 944 g/mol. The fraction of sp³-hybridized carbons (Fsp3) is 0.643. The highest BCUT2D eigenvalue weighted by Gasteiger charge is 2.42. The summed E-state index contributed by atoms with van der Waals surface area (Å²) in [6.45, 7) is 21.3. The van der Waals surface area contributed by atoms with Crippen LogP contribution in [0, 0.1) is 11.8 Å². The van der Waals surface area contributed by atoms with Crippen molar-refractivity contribution >= 4 is 42.0 Å². The van der Waals surface area contributed by atoms with Crippen LogP contribution in [-0.2, 0) is 38.0 Å². The highest BCUT2D eigenvalue weighted by molar-refractivity contribution is 6.01. The summed E-state index contributed by atoms with van der Waals surface area (Å²) in [6, 6.07) is 0.348. The van der Waals surface area contributed by atoms with Gasteiger partial charge in [0.15, 0.2) is 0 Å². The first-order valence-corrected chi connectivity index (χ1v) is 20.7. The van der Waals surface area contributed by atoms with E-state index in [1.54, 1.807) is 87.7 Å². The molecule has 0 aromatic carbocycles. The molecule has 66 heavy (non-hydrogen) atoms. The fourth-order valence-corrected chi connectivity index (χ4v) is 5.62. The summed E-state index contributed by atoms with van der Waals surface area (Å²) in [7, 11) is 1.27. The molecule has 0 radical (unpaired) electrons. The molecule has 0 saturated heterocycles. The average Bonchev–Trinajstić information content (AvgIpc) is 3.72. The summed E-state index contributed by atoms with van der Waals surface area (Å²) in [5, 5.41) is 66.9. The van der Waals surface area contributed by atoms with Gasteiger partial charge in [0.05, 0.1) is 25.4 Å². The molecule has 24 nitrogen and oxygen atoms in total. The number of carbonyl (C=O) groups is 5. The predicted octanol–water partition coefficient (Wildman–Crippen LogP) is 2.03. The molecule has 0 aliphatic carbocycles. The SMILES string of the molecule is C=C(NC(=O)OC(C)(C)C)n1cccn1.CO[C@@H]([C@@H]1OC(C(=O)O)=C[C@H](N=C(NC(=O)OC(C)(C)C)NC(=O)OC(C)(C)C)[C@H]1C)[C@H](O)CO.C[C@H]1[C@H](C[C@H](O)CO)OC(C(=O)O)=C[C@@H]1N. The van der Waals surface area contributed by atoms with Crippen LogP contribution in [0.25, 0.3) is 5.82 Å². The summed E-state index contributed by atoms with van der Waals surface area (Å²) in [6.07, 6.45) is -1.32. The van der Waals surface area contributed by atoms with Crippen molar-refractivity contribution in [1.29, 1.82) is 0 Å². The van der Waals surface area contributed by atoms with Gasteiger partial charge >= 0.3 is 30.2 Å². The highest BCUT2D eigenvalue weighted by atomic mass is 16.6. The van der Waals surface area contributed by atoms with Gasteiger partial charge in [-0.1, -0.05) is 20.4 Å². The molecular formula is C42H69N7O17. The summed E-state index contributed by atoms with van der Waals surface area (Å²) in [4.78, 5) is 62.8. The maximum atomic E-state index is 12.4. The van der Waals surface area contributed by atoms with Crippen LogP contribution in [0.3, 0.4) is 0 Å². The van der Waals surface area contributed by atoms with E-state index in [2.05, 4.69) is 32.6 Å². The molecule has 11 N–H and O–H groups in total. The lowest BCUT2D eigenvalue weighted by molar-refractivity contribution is -0.150. The number of rotatable bonds is 12. The minimum atomic E-state index is -1.41. The minimum absolute atomic E-state index is 0.107. The van der Waals surface area contributed by atoms with Crippen LogP contribution >= 0.6 is 0 Å². The Bertz CT molecular complexity index is 1830. The van der Waals surface area contributed by atoms with Crippen LogP contribution in [0.4, 0.5) is 14.4 Å². The van der Waals surface area contributed by atoms with E-state index in [1.165, 1.54) is 23.9 Å². The number of hydrogen-bond donors (Lipinski definition) is 10. The molecule has 0 fully saturated rings. The van der Waals surface area contributed by atoms with Crippen molar-refractivity contribution < 1.29 is 83.0 Å². The Labute approximate surface area is 383 Å². The largest absolute Gasteiger partial charge is 0.483 e. The van der Waals surface area contributed by atoms with Crippen LogP contribution in [0.1, 0.15) is 82.6 Å². The molecule has 2 aliphatic rings. The molecule has 2 aliphatic heterocycles. The van der Waals surface area contributed by atoms with Gasteiger partial charge in [0.2, 0.25) is 17.5 Å². The molecule has 1 aromatic rings. The number of nitrogens with two attached hydrogens (primary N) is 1. The number of aromatic nitrogens is 2. The topological polar surface area (TPSA) is 354 Å². The number of amides is 3. The molecular weight excluding hydrogens is 874 g/mol. The van der Waals surface area contributed by atoms with Crippen LogP contribution in [-0.4, -0.2) is 156 Å². The fourth-order valence-electron chi connectivity index (χ4n) is 5.62. The number of aliphatic hydroxyl groups excluding tert-OH is 4. The zero-order valence-electron chi connectivity index (χ0n) is 39.5. The lowest BCUT2D eigenvalue weighted by Gasteiger charge is -2.38. The van der Waals surface area contributed by atoms with Crippen LogP contribution in [0.15, 0.2) is 53.7 Å². The van der Waals surface area contributed by atoms with Gasteiger partial charge in [0.1, 0.15) is 47.0 Å². The summed E-state index contributed by atoms with van der Waals surface area (Å²) < 4.78 is 32.9. The van der Waals surface area contributed by atoms with E-state index in [9.17, 15) is 44.4 Å². The molecule has 0 unspecified atom stereocenters. The molecule has 374 valence electrons. The molecule has 3 heterocycles. The Morgan fingerprint density at radius 3 is 1.71 bits per heavy atom. The number of methoxy groups -OCH3 is 1. The van der Waals surface area contributed by atoms with Crippen LogP contribution in [0.5, 0.6) is 0 Å². The number of ether oxygens (including phenoxy) is 6. The third-order valence-corrected chi connectivity index (χ3v) is 8.70. The number of hydrogen-bond acceptors (Lipinski definition) is 18. The van der Waals surface area contributed by atoms with Gasteiger partial charge in [0.25, 0.3) is 0 Å². The van der Waals surface area contributed by atoms with E-state index in [1.807, 2.05) is 6.92 Å². The molecule has 3 amide bonds. The number of carbonyl (C=O) groups excluding carboxylic acids is 3. The second kappa shape index (κ2) is 25.8. The molecule has 24 heteroatoms. The third-order valence-electron chi connectivity index (χ3n) is 8.70. The zero-order valence-corrected chi connectivity index (χ0v) is 39.5. The van der Waals surface area contributed by atoms with Crippen molar-refractivity contribution in [2.24, 2.45) is 22.6 Å². The first-order chi connectivity index (χ1) is 30.3. The van der Waals surface area contributed by atoms with Gasteiger partial charge in [-0.25, -0.2) is 33.6 Å². The first kappa shape index (κ1) is 58.2. The third kappa shape index (κ3) is 21.5. The van der Waals surface area contributed by atoms with Gasteiger partial charge in [-0.15, -0.1) is 0 Å². The van der Waals surface area contributed by atoms with E-state index in [4.69, 9.17) is 44.4 Å². The number of alkyl carbamates (subject to hydrolysis) is 3. The van der Waals surface area contributed by atoms with Crippen LogP contribution in [0.2, 0.25) is 0 Å². The van der Waals surface area contributed by atoms with Crippen molar-refractivity contribution in [3.8, 4) is 0 Å². The summed E-state index contributed by atoms with van der Waals surface area (Å²) in [5.74, 6) is -4.01. The van der Waals surface area contributed by atoms with Crippen molar-refractivity contribution in [2.75, 3.05) is 20.3 Å². The molecule has 3 rings (SSSR count). The number of guanidine groups is 1. The number of carboxylic acids is 2. The molecule has 1 aromatic heterocycles. The molecule has 0 saturated carbocycles. The minimum Gasteiger partial charge on any atom is -0.483 e. The Morgan fingerprint density at radius 2 is 1.30 bits per heavy atom. The highest BCUT2D eigenvalue weighted by Crippen LogP contribution is 2.30. The molecule has 9 atom stereocenters. The number of nitrogens with one attached hydrogen (secondary N) is 3. The Kier molecular flexibility index (Phi) is 22.7. The summed E-state index contributed by atoms with van der Waals surface area (Å²) >= 11 is 0. The monoisotopic (exact) mass is 943 g/mol. The first-order valence-electron chi connectivity index (χ1n) is 20.7. The van der Waals surface area contributed by atoms with Gasteiger partial charge < -0.3 is 64.8 Å². The number of aliphatic hydroxyl groups is 4. The van der Waals surface area contributed by atoms with E-state index in [0.29, 0.717) is 5.82 Å². The maximum absolute atomic E-state index is 12.4. The van der Waals surface area contributed by atoms with Gasteiger partial charge in [-0.05, 0) is 80.5 Å². The van der Waals surface area contributed by atoms with E-state index < -0.39 is 108 Å². The summed E-state index contributed by atoms with van der Waals surface area (Å²) in [5.41, 5.74) is 3.54. The zero-order chi connectivity index (χ0) is 50.9. The van der Waals surface area contributed by atoms with E-state index in [0.717, 1.165) is 0 Å². The van der Waals surface area contributed by atoms with Crippen LogP contribution < -0.4 is 21.7 Å². The Balaban J connectivity index is 0.000000575. The second-order valence-corrected chi connectivity index (χ2v) is 18.0. The standard InChI is InChI=1S/C22H37N3O10.C10H15N3O2.C10H17NO5/c1-11-12(9-14(17(28)29)33-15(11)16(32-8)13(27)10-26)23-18(24-19(30)34-21(2,3)4)25-20(31)35-22(5,6)7;1-8(13-7-5-6-11-13)12-9(14)15-10(2,3)4;1-5-7(11)3-9(10(14)15)16-8(5)2-6(13)4-12/h9,11-13,15-16,26-27H,10H2,1-8H3,(H,28,29)(H2,23,24,25,30,31);5-7H,1H2,2-4H3,(H,12,14);3,5-8,12-13H,2,4,11H2,1H3,(H,14,15)/t11-,12+,13-,15-,16-;;5-,6+,7+,8+/m1.1/s1.